The van der Waals surface area contributed by atoms with Crippen LogP contribution in [0.2, 0.25) is 10.0 Å². The Hall–Kier alpha value is -6.64. The number of amides is 2. The molecular formula is C49H40Cl2N4O6. The number of ether oxygens (including phenoxy) is 2. The fourth-order valence-electron chi connectivity index (χ4n) is 7.68. The van der Waals surface area contributed by atoms with E-state index in [-0.39, 0.29) is 24.8 Å². The number of anilines is 1. The first-order valence-corrected chi connectivity index (χ1v) is 20.6. The molecule has 3 atom stereocenters. The molecule has 0 radical (unpaired) electrons. The molecule has 0 saturated carbocycles. The van der Waals surface area contributed by atoms with Crippen molar-refractivity contribution in [2.24, 2.45) is 0 Å². The SMILES string of the molecule is N#Cc1ccc(-c2ccc(C[C@H](NC(=O)[C@@H]3Cc4cc5c(cc4CN3CCc3ccccc3)O[C@@H](c3ccc(OCc4ccc(Cl)c(Cl)c4)cc3)C(=O)N5)C(=O)O)cc2)cc1. The third-order valence-electron chi connectivity index (χ3n) is 11.0. The molecule has 0 bridgehead atoms. The normalized spacial score (nSPS) is 16.2. The molecule has 0 fully saturated rings. The standard InChI is InChI=1S/C49H40Cl2N4O6/c50-40-19-10-33(22-41(40)51)29-60-39-17-15-36(16-18-39)46-48(57)53-42-24-37-25-44(55(28-38(37)26-45(42)61-46)21-20-30-4-2-1-3-5-30)47(56)54-43(49(58)59)23-31-6-11-34(12-7-31)35-13-8-32(27-52)9-14-35/h1-19,22,24,26,43-44,46H,20-21,23,25,28-29H2,(H,53,57)(H,54,56)(H,58,59)/t43-,44-,46-/m0/s1. The maximum Gasteiger partial charge on any atom is 0.326 e. The molecule has 0 spiro atoms. The number of aliphatic carboxylic acids is 1. The lowest BCUT2D eigenvalue weighted by molar-refractivity contribution is -0.142. The summed E-state index contributed by atoms with van der Waals surface area (Å²) in [5.41, 5.74) is 8.14. The highest BCUT2D eigenvalue weighted by atomic mass is 35.5. The van der Waals surface area contributed by atoms with Crippen LogP contribution in [-0.4, -0.2) is 46.4 Å². The lowest BCUT2D eigenvalue weighted by Crippen LogP contribution is -2.54. The lowest BCUT2D eigenvalue weighted by atomic mass is 9.91. The summed E-state index contributed by atoms with van der Waals surface area (Å²) in [6.45, 7) is 1.25. The van der Waals surface area contributed by atoms with Crippen LogP contribution < -0.4 is 20.1 Å². The molecule has 0 aliphatic carbocycles. The van der Waals surface area contributed by atoms with Crippen molar-refractivity contribution in [3.8, 4) is 28.7 Å². The highest BCUT2D eigenvalue weighted by Gasteiger charge is 2.36. The minimum Gasteiger partial charge on any atom is -0.489 e. The average Bonchev–Trinajstić information content (AvgIpc) is 3.28. The summed E-state index contributed by atoms with van der Waals surface area (Å²) in [5.74, 6) is -0.724. The van der Waals surface area contributed by atoms with E-state index in [1.165, 1.54) is 0 Å². The summed E-state index contributed by atoms with van der Waals surface area (Å²) >= 11 is 12.2. The molecule has 0 saturated heterocycles. The van der Waals surface area contributed by atoms with E-state index in [1.54, 1.807) is 48.5 Å². The number of nitrogens with one attached hydrogen (secondary N) is 2. The first-order valence-electron chi connectivity index (χ1n) is 19.8. The van der Waals surface area contributed by atoms with Gasteiger partial charge in [-0.2, -0.15) is 5.26 Å². The van der Waals surface area contributed by atoms with Crippen molar-refractivity contribution in [3.05, 3.63) is 182 Å². The third kappa shape index (κ3) is 9.72. The topological polar surface area (TPSA) is 141 Å². The van der Waals surface area contributed by atoms with Gasteiger partial charge in [-0.3, -0.25) is 14.5 Å². The van der Waals surface area contributed by atoms with Crippen molar-refractivity contribution in [2.45, 2.75) is 50.6 Å². The van der Waals surface area contributed by atoms with Crippen LogP contribution in [-0.2, 0) is 46.8 Å². The number of fused-ring (bicyclic) bond motifs is 2. The van der Waals surface area contributed by atoms with Crippen LogP contribution in [0, 0.1) is 11.3 Å². The molecule has 2 amide bonds. The summed E-state index contributed by atoms with van der Waals surface area (Å²) < 4.78 is 12.3. The summed E-state index contributed by atoms with van der Waals surface area (Å²) in [6, 6.07) is 41.3. The van der Waals surface area contributed by atoms with Crippen molar-refractivity contribution in [2.75, 3.05) is 11.9 Å². The fraction of sp³-hybridized carbons (Fsp3) is 0.184. The number of carboxylic acids is 1. The molecule has 61 heavy (non-hydrogen) atoms. The second-order valence-corrected chi connectivity index (χ2v) is 15.9. The van der Waals surface area contributed by atoms with Gasteiger partial charge in [-0.1, -0.05) is 108 Å². The maximum absolute atomic E-state index is 14.2. The summed E-state index contributed by atoms with van der Waals surface area (Å²) in [6.07, 6.45) is 0.179. The van der Waals surface area contributed by atoms with Gasteiger partial charge >= 0.3 is 5.97 Å². The monoisotopic (exact) mass is 850 g/mol. The molecule has 6 aromatic rings. The smallest absolute Gasteiger partial charge is 0.326 e. The largest absolute Gasteiger partial charge is 0.489 e. The number of halogens is 2. The number of hydrogen-bond donors (Lipinski definition) is 3. The minimum absolute atomic E-state index is 0.0918. The Morgan fingerprint density at radius 2 is 1.56 bits per heavy atom. The van der Waals surface area contributed by atoms with Gasteiger partial charge in [0, 0.05) is 25.1 Å². The number of hydrogen-bond acceptors (Lipinski definition) is 7. The van der Waals surface area contributed by atoms with Gasteiger partial charge in [-0.25, -0.2) is 4.79 Å². The summed E-state index contributed by atoms with van der Waals surface area (Å²) in [4.78, 5) is 42.3. The van der Waals surface area contributed by atoms with E-state index in [1.807, 2.05) is 84.9 Å². The molecule has 2 aliphatic heterocycles. The van der Waals surface area contributed by atoms with Crippen molar-refractivity contribution >= 4 is 46.7 Å². The Labute approximate surface area is 363 Å². The molecular weight excluding hydrogens is 811 g/mol. The molecule has 6 aromatic carbocycles. The van der Waals surface area contributed by atoms with E-state index >= 15 is 0 Å². The molecule has 8 rings (SSSR count). The molecule has 2 aliphatic rings. The molecule has 0 aromatic heterocycles. The van der Waals surface area contributed by atoms with Gasteiger partial charge in [0.1, 0.15) is 24.1 Å². The van der Waals surface area contributed by atoms with Crippen LogP contribution in [0.1, 0.15) is 45.0 Å². The quantitative estimate of drug-likeness (QED) is 0.105. The number of carboxylic acid groups (broad SMARTS) is 1. The summed E-state index contributed by atoms with van der Waals surface area (Å²) in [5, 5.41) is 26.2. The van der Waals surface area contributed by atoms with E-state index in [4.69, 9.17) is 37.9 Å². The predicted molar refractivity (Wildman–Crippen MR) is 234 cm³/mol. The molecule has 2 heterocycles. The van der Waals surface area contributed by atoms with Gasteiger partial charge in [0.2, 0.25) is 12.0 Å². The van der Waals surface area contributed by atoms with Crippen LogP contribution in [0.5, 0.6) is 11.5 Å². The Kier molecular flexibility index (Phi) is 12.3. The van der Waals surface area contributed by atoms with E-state index in [9.17, 15) is 19.5 Å². The van der Waals surface area contributed by atoms with E-state index in [2.05, 4.69) is 21.6 Å². The van der Waals surface area contributed by atoms with Crippen molar-refractivity contribution in [3.63, 3.8) is 0 Å². The van der Waals surface area contributed by atoms with Gasteiger partial charge in [0.25, 0.3) is 5.91 Å². The maximum atomic E-state index is 14.2. The second-order valence-electron chi connectivity index (χ2n) is 15.1. The lowest BCUT2D eigenvalue weighted by Gasteiger charge is -2.37. The zero-order valence-electron chi connectivity index (χ0n) is 32.8. The number of nitriles is 1. The zero-order chi connectivity index (χ0) is 42.5. The molecule has 306 valence electrons. The number of carbonyl (C=O) groups is 3. The van der Waals surface area contributed by atoms with Crippen molar-refractivity contribution < 1.29 is 29.0 Å². The first-order chi connectivity index (χ1) is 29.6. The van der Waals surface area contributed by atoms with Crippen LogP contribution in [0.4, 0.5) is 5.69 Å². The van der Waals surface area contributed by atoms with Crippen LogP contribution in [0.25, 0.3) is 11.1 Å². The van der Waals surface area contributed by atoms with Crippen LogP contribution >= 0.6 is 23.2 Å². The summed E-state index contributed by atoms with van der Waals surface area (Å²) in [7, 11) is 0. The molecule has 12 heteroatoms. The second kappa shape index (κ2) is 18.3. The number of carbonyl (C=O) groups excluding carboxylic acids is 2. The van der Waals surface area contributed by atoms with Crippen molar-refractivity contribution in [1.29, 1.82) is 5.26 Å². The van der Waals surface area contributed by atoms with Gasteiger partial charge in [-0.05, 0) is 100 Å². The average molecular weight is 852 g/mol. The zero-order valence-corrected chi connectivity index (χ0v) is 34.3. The van der Waals surface area contributed by atoms with Gasteiger partial charge in [0.15, 0.2) is 0 Å². The van der Waals surface area contributed by atoms with E-state index in [0.29, 0.717) is 64.3 Å². The van der Waals surface area contributed by atoms with Crippen LogP contribution in [0.15, 0.2) is 133 Å². The molecule has 0 unspecified atom stereocenters. The Bertz CT molecular complexity index is 2620. The van der Waals surface area contributed by atoms with E-state index in [0.717, 1.165) is 38.9 Å². The Morgan fingerprint density at radius 3 is 2.25 bits per heavy atom. The van der Waals surface area contributed by atoms with Crippen LogP contribution in [0.3, 0.4) is 0 Å². The van der Waals surface area contributed by atoms with Crippen molar-refractivity contribution in [1.82, 2.24) is 10.2 Å². The highest BCUT2D eigenvalue weighted by molar-refractivity contribution is 6.42. The van der Waals surface area contributed by atoms with Gasteiger partial charge < -0.3 is 25.2 Å². The third-order valence-corrected chi connectivity index (χ3v) is 11.8. The fourth-order valence-corrected chi connectivity index (χ4v) is 8.00. The molecule has 10 nitrogen and oxygen atoms in total. The Morgan fingerprint density at radius 1 is 0.852 bits per heavy atom. The van der Waals surface area contributed by atoms with Gasteiger partial charge in [0.05, 0.1) is 33.4 Å². The first kappa shape index (κ1) is 41.1. The number of nitrogens with zero attached hydrogens (tertiary/aromatic N) is 2. The number of benzene rings is 6. The van der Waals surface area contributed by atoms with Gasteiger partial charge in [-0.15, -0.1) is 0 Å². The number of rotatable bonds is 13. The highest BCUT2D eigenvalue weighted by Crippen LogP contribution is 2.40. The minimum atomic E-state index is -1.16. The Balaban J connectivity index is 0.970. The predicted octanol–water partition coefficient (Wildman–Crippen LogP) is 8.96. The van der Waals surface area contributed by atoms with E-state index < -0.39 is 24.2 Å². The molecule has 3 N–H and O–H groups in total.